The number of alkyl halides is 3. The average molecular weight is 404 g/mol. The lowest BCUT2D eigenvalue weighted by atomic mass is 10.0. The van der Waals surface area contributed by atoms with E-state index in [1.165, 1.54) is 19.2 Å². The molecule has 0 spiro atoms. The molecule has 1 heterocycles. The van der Waals surface area contributed by atoms with E-state index in [-0.39, 0.29) is 23.5 Å². The Morgan fingerprint density at radius 2 is 1.72 bits per heavy atom. The topological polar surface area (TPSA) is 58.6 Å². The third-order valence-electron chi connectivity index (χ3n) is 4.42. The molecule has 0 radical (unpaired) electrons. The highest BCUT2D eigenvalue weighted by Gasteiger charge is 2.39. The van der Waals surface area contributed by atoms with Crippen LogP contribution in [-0.2, 0) is 20.5 Å². The van der Waals surface area contributed by atoms with Gasteiger partial charge in [0.25, 0.3) is 11.8 Å². The molecule has 2 amide bonds. The van der Waals surface area contributed by atoms with Crippen LogP contribution in [0.25, 0.3) is 5.57 Å². The number of methoxy groups -OCH3 is 1. The molecule has 8 heteroatoms. The van der Waals surface area contributed by atoms with Gasteiger partial charge in [0.2, 0.25) is 0 Å². The van der Waals surface area contributed by atoms with E-state index in [9.17, 15) is 22.8 Å². The predicted octanol–water partition coefficient (Wildman–Crippen LogP) is 3.93. The minimum absolute atomic E-state index is 0.0436. The van der Waals surface area contributed by atoms with Crippen molar-refractivity contribution in [2.45, 2.75) is 12.6 Å². The maximum atomic E-state index is 13.0. The average Bonchev–Trinajstić information content (AvgIpc) is 2.92. The van der Waals surface area contributed by atoms with Crippen LogP contribution in [-0.4, -0.2) is 37.0 Å². The highest BCUT2D eigenvalue weighted by Crippen LogP contribution is 2.33. The van der Waals surface area contributed by atoms with Gasteiger partial charge in [-0.25, -0.2) is 0 Å². The van der Waals surface area contributed by atoms with Crippen molar-refractivity contribution in [2.75, 3.05) is 25.6 Å². The molecule has 0 bridgehead atoms. The van der Waals surface area contributed by atoms with Gasteiger partial charge in [-0.15, -0.1) is 0 Å². The van der Waals surface area contributed by atoms with Crippen molar-refractivity contribution in [2.24, 2.45) is 0 Å². The Kier molecular flexibility index (Phi) is 6.03. The summed E-state index contributed by atoms with van der Waals surface area (Å²) in [6, 6.07) is 13.0. The summed E-state index contributed by atoms with van der Waals surface area (Å²) in [6.45, 7) is 0.518. The van der Waals surface area contributed by atoms with Crippen LogP contribution in [0.2, 0.25) is 0 Å². The molecule has 0 saturated heterocycles. The largest absolute Gasteiger partial charge is 0.416 e. The first-order chi connectivity index (χ1) is 13.8. The van der Waals surface area contributed by atoms with Gasteiger partial charge in [-0.2, -0.15) is 13.2 Å². The van der Waals surface area contributed by atoms with E-state index < -0.39 is 23.6 Å². The van der Waals surface area contributed by atoms with Gasteiger partial charge < -0.3 is 10.1 Å². The number of hydrogen-bond acceptors (Lipinski definition) is 4. The third kappa shape index (κ3) is 4.48. The molecule has 2 aromatic carbocycles. The van der Waals surface area contributed by atoms with Crippen molar-refractivity contribution in [1.29, 1.82) is 0 Å². The number of imide groups is 1. The summed E-state index contributed by atoms with van der Waals surface area (Å²) < 4.78 is 44.0. The Morgan fingerprint density at radius 3 is 2.38 bits per heavy atom. The van der Waals surface area contributed by atoms with Gasteiger partial charge in [-0.3, -0.25) is 14.5 Å². The number of rotatable bonds is 7. The Hall–Kier alpha value is -3.13. The van der Waals surface area contributed by atoms with Crippen LogP contribution < -0.4 is 5.32 Å². The van der Waals surface area contributed by atoms with Gasteiger partial charge in [0.05, 0.1) is 11.1 Å². The second-order valence-corrected chi connectivity index (χ2v) is 6.43. The zero-order valence-corrected chi connectivity index (χ0v) is 15.6. The number of nitrogens with zero attached hydrogens (tertiary/aromatic N) is 1. The van der Waals surface area contributed by atoms with Crippen LogP contribution in [0.3, 0.4) is 0 Å². The number of anilines is 1. The summed E-state index contributed by atoms with van der Waals surface area (Å²) in [6.07, 6.45) is -4.07. The first-order valence-electron chi connectivity index (χ1n) is 8.92. The number of amides is 2. The summed E-state index contributed by atoms with van der Waals surface area (Å²) in [4.78, 5) is 26.9. The maximum absolute atomic E-state index is 13.0. The number of halogens is 3. The van der Waals surface area contributed by atoms with E-state index in [2.05, 4.69) is 5.32 Å². The van der Waals surface area contributed by atoms with Crippen molar-refractivity contribution >= 4 is 23.1 Å². The first-order valence-corrected chi connectivity index (χ1v) is 8.92. The van der Waals surface area contributed by atoms with E-state index in [4.69, 9.17) is 4.74 Å². The second-order valence-electron chi connectivity index (χ2n) is 6.43. The maximum Gasteiger partial charge on any atom is 0.416 e. The Bertz CT molecular complexity index is 940. The Morgan fingerprint density at radius 1 is 1.00 bits per heavy atom. The standard InChI is InChI=1S/C21H19F3N2O3/c1-29-12-6-11-26-19(27)17(14-7-3-2-4-8-14)18(20(26)28)25-16-10-5-9-15(13-16)21(22,23)24/h2-5,7-10,13,25H,6,11-12H2,1H3. The number of ether oxygens (including phenoxy) is 1. The van der Waals surface area contributed by atoms with Gasteiger partial charge in [-0.05, 0) is 30.2 Å². The smallest absolute Gasteiger partial charge is 0.385 e. The van der Waals surface area contributed by atoms with E-state index in [1.54, 1.807) is 30.3 Å². The fourth-order valence-electron chi connectivity index (χ4n) is 3.05. The summed E-state index contributed by atoms with van der Waals surface area (Å²) in [5.41, 5.74) is -0.181. The van der Waals surface area contributed by atoms with Crippen molar-refractivity contribution in [3.8, 4) is 0 Å². The normalized spacial score (nSPS) is 14.7. The molecule has 152 valence electrons. The molecule has 5 nitrogen and oxygen atoms in total. The predicted molar refractivity (Wildman–Crippen MR) is 102 cm³/mol. The molecule has 1 aliphatic heterocycles. The lowest BCUT2D eigenvalue weighted by molar-refractivity contribution is -0.138. The molecular weight excluding hydrogens is 385 g/mol. The van der Waals surface area contributed by atoms with Gasteiger partial charge in [0.15, 0.2) is 0 Å². The number of nitrogens with one attached hydrogen (secondary N) is 1. The minimum Gasteiger partial charge on any atom is -0.385 e. The minimum atomic E-state index is -4.52. The summed E-state index contributed by atoms with van der Waals surface area (Å²) >= 11 is 0. The Labute approximate surface area is 165 Å². The van der Waals surface area contributed by atoms with Crippen molar-refractivity contribution < 1.29 is 27.5 Å². The van der Waals surface area contributed by atoms with E-state index in [0.29, 0.717) is 18.6 Å². The highest BCUT2D eigenvalue weighted by atomic mass is 19.4. The molecule has 0 atom stereocenters. The molecule has 1 N–H and O–H groups in total. The fraction of sp³-hybridized carbons (Fsp3) is 0.238. The highest BCUT2D eigenvalue weighted by molar-refractivity contribution is 6.36. The van der Waals surface area contributed by atoms with Crippen molar-refractivity contribution in [3.05, 3.63) is 71.4 Å². The fourth-order valence-corrected chi connectivity index (χ4v) is 3.05. The molecule has 0 fully saturated rings. The summed E-state index contributed by atoms with van der Waals surface area (Å²) in [5, 5.41) is 2.74. The molecule has 2 aromatic rings. The third-order valence-corrected chi connectivity index (χ3v) is 4.42. The molecule has 3 rings (SSSR count). The van der Waals surface area contributed by atoms with Gasteiger partial charge in [0, 0.05) is 25.9 Å². The quantitative estimate of drug-likeness (QED) is 0.561. The zero-order valence-electron chi connectivity index (χ0n) is 15.6. The van der Waals surface area contributed by atoms with E-state index in [0.717, 1.165) is 17.0 Å². The monoisotopic (exact) mass is 404 g/mol. The molecule has 0 unspecified atom stereocenters. The van der Waals surface area contributed by atoms with Gasteiger partial charge >= 0.3 is 6.18 Å². The van der Waals surface area contributed by atoms with Crippen molar-refractivity contribution in [1.82, 2.24) is 4.90 Å². The Balaban J connectivity index is 1.98. The molecule has 0 aromatic heterocycles. The molecule has 0 saturated carbocycles. The van der Waals surface area contributed by atoms with Crippen molar-refractivity contribution in [3.63, 3.8) is 0 Å². The molecular formula is C21H19F3N2O3. The molecule has 29 heavy (non-hydrogen) atoms. The van der Waals surface area contributed by atoms with Crippen LogP contribution in [0.5, 0.6) is 0 Å². The SMILES string of the molecule is COCCCN1C(=O)C(Nc2cccc(C(F)(F)F)c2)=C(c2ccccc2)C1=O. The van der Waals surface area contributed by atoms with Crippen LogP contribution in [0, 0.1) is 0 Å². The first kappa shape index (κ1) is 20.6. The van der Waals surface area contributed by atoms with E-state index in [1.807, 2.05) is 0 Å². The number of carbonyl (C=O) groups excluding carboxylic acids is 2. The molecule has 1 aliphatic rings. The number of hydrogen-bond donors (Lipinski definition) is 1. The van der Waals surface area contributed by atoms with Crippen LogP contribution >= 0.6 is 0 Å². The van der Waals surface area contributed by atoms with Crippen LogP contribution in [0.1, 0.15) is 17.5 Å². The summed E-state index contributed by atoms with van der Waals surface area (Å²) in [5.74, 6) is -1.07. The van der Waals surface area contributed by atoms with Gasteiger partial charge in [-0.1, -0.05) is 36.4 Å². The lowest BCUT2D eigenvalue weighted by Crippen LogP contribution is -2.33. The zero-order chi connectivity index (χ0) is 21.0. The van der Waals surface area contributed by atoms with Gasteiger partial charge in [0.1, 0.15) is 5.70 Å². The molecule has 0 aliphatic carbocycles. The lowest BCUT2D eigenvalue weighted by Gasteiger charge is -2.15. The number of benzene rings is 2. The second kappa shape index (κ2) is 8.48. The van der Waals surface area contributed by atoms with Crippen LogP contribution in [0.15, 0.2) is 60.3 Å². The number of carbonyl (C=O) groups is 2. The van der Waals surface area contributed by atoms with Crippen LogP contribution in [0.4, 0.5) is 18.9 Å². The summed E-state index contributed by atoms with van der Waals surface area (Å²) in [7, 11) is 1.52. The van der Waals surface area contributed by atoms with E-state index >= 15 is 0 Å².